The first kappa shape index (κ1) is 30.4. The molecule has 19 heteroatoms. The molecule has 16 nitrogen and oxygen atoms in total. The van der Waals surface area contributed by atoms with Gasteiger partial charge in [-0.3, -0.25) is 13.9 Å². The Balaban J connectivity index is 4.55. The molecule has 0 rings (SSSR count). The molecule has 0 aromatic rings. The number of nitrogens with zero attached hydrogens (tertiary/aromatic N) is 2. The van der Waals surface area contributed by atoms with Crippen LogP contribution in [0.25, 0.3) is 0 Å². The molecule has 0 fully saturated rings. The number of amides is 3. The molecule has 0 radical (unpaired) electrons. The maximum atomic E-state index is 11.8. The van der Waals surface area contributed by atoms with Crippen LogP contribution in [0.15, 0.2) is 5.29 Å². The van der Waals surface area contributed by atoms with Gasteiger partial charge in [0, 0.05) is 18.8 Å². The third kappa shape index (κ3) is 9.46. The molecule has 0 bridgehead atoms. The molecular weight excluding hydrogens is 502 g/mol. The molecule has 0 aliphatic rings. The van der Waals surface area contributed by atoms with E-state index in [9.17, 15) is 33.5 Å². The zero-order chi connectivity index (χ0) is 25.2. The standard InChI is InChI=1S/C13H25ClN4O12P2/c14-6-8-18(17-24)12(22)16-9(11(20)21)3-4-10(19)15-7-2-1-5-13(23,31(25,26)27)32(28,29)30/h9,23H,1-8H2,(H,15,19)(H,16,22)(H,20,21)(H2,25,26,27)(H2,28,29,30)/t9-/m0/s1. The molecule has 3 amide bonds. The molecule has 186 valence electrons. The summed E-state index contributed by atoms with van der Waals surface area (Å²) in [5.74, 6) is -2.26. The Kier molecular flexibility index (Phi) is 12.5. The number of alkyl halides is 1. The summed E-state index contributed by atoms with van der Waals surface area (Å²) >= 11 is 5.38. The van der Waals surface area contributed by atoms with Crippen LogP contribution in [0.1, 0.15) is 32.1 Å². The van der Waals surface area contributed by atoms with Crippen LogP contribution in [0.5, 0.6) is 0 Å². The second-order valence-corrected chi connectivity index (χ2v) is 10.8. The van der Waals surface area contributed by atoms with Gasteiger partial charge in [-0.25, -0.2) is 9.59 Å². The lowest BCUT2D eigenvalue weighted by atomic mass is 10.1. The van der Waals surface area contributed by atoms with Crippen LogP contribution >= 0.6 is 26.8 Å². The van der Waals surface area contributed by atoms with Gasteiger partial charge < -0.3 is 40.4 Å². The van der Waals surface area contributed by atoms with Gasteiger partial charge in [0.1, 0.15) is 6.04 Å². The van der Waals surface area contributed by atoms with Crippen LogP contribution in [0.4, 0.5) is 4.79 Å². The largest absolute Gasteiger partial charge is 0.480 e. The highest BCUT2D eigenvalue weighted by molar-refractivity contribution is 7.72. The lowest BCUT2D eigenvalue weighted by molar-refractivity contribution is -0.139. The van der Waals surface area contributed by atoms with E-state index in [-0.39, 0.29) is 44.7 Å². The van der Waals surface area contributed by atoms with E-state index in [2.05, 4.69) is 10.6 Å². The van der Waals surface area contributed by atoms with E-state index < -0.39 is 50.6 Å². The number of carbonyl (C=O) groups is 3. The van der Waals surface area contributed by atoms with Crippen LogP contribution in [0.3, 0.4) is 0 Å². The highest BCUT2D eigenvalue weighted by Crippen LogP contribution is 2.69. The van der Waals surface area contributed by atoms with Crippen LogP contribution in [0, 0.1) is 4.91 Å². The zero-order valence-electron chi connectivity index (χ0n) is 16.5. The number of halogens is 1. The maximum Gasteiger partial charge on any atom is 0.369 e. The quantitative estimate of drug-likeness (QED) is 0.0438. The van der Waals surface area contributed by atoms with Crippen molar-refractivity contribution in [1.29, 1.82) is 0 Å². The van der Waals surface area contributed by atoms with Crippen molar-refractivity contribution < 1.29 is 53.3 Å². The van der Waals surface area contributed by atoms with Gasteiger partial charge in [0.05, 0.1) is 11.8 Å². The van der Waals surface area contributed by atoms with Gasteiger partial charge in [0.25, 0.3) is 5.08 Å². The topological polar surface area (TPSA) is 263 Å². The molecule has 8 N–H and O–H groups in total. The average Bonchev–Trinajstić information content (AvgIpc) is 2.66. The molecule has 0 saturated heterocycles. The van der Waals surface area contributed by atoms with E-state index in [0.717, 1.165) is 0 Å². The van der Waals surface area contributed by atoms with Gasteiger partial charge >= 0.3 is 27.2 Å². The highest BCUT2D eigenvalue weighted by Gasteiger charge is 2.58. The summed E-state index contributed by atoms with van der Waals surface area (Å²) in [6.07, 6.45) is -1.94. The summed E-state index contributed by atoms with van der Waals surface area (Å²) in [6.45, 7) is -0.372. The smallest absolute Gasteiger partial charge is 0.369 e. The Morgan fingerprint density at radius 2 is 1.66 bits per heavy atom. The minimum absolute atomic E-state index is 0.0223. The number of hydrogen-bond acceptors (Lipinski definition) is 8. The number of unbranched alkanes of at least 4 members (excludes halogenated alkanes) is 1. The number of nitroso groups, excluding NO2 is 1. The molecule has 0 unspecified atom stereocenters. The average molecular weight is 527 g/mol. The van der Waals surface area contributed by atoms with Crippen molar-refractivity contribution in [3.8, 4) is 0 Å². The van der Waals surface area contributed by atoms with E-state index in [1.165, 1.54) is 0 Å². The number of carboxylic acid groups (broad SMARTS) is 1. The molecular formula is C13H25ClN4O12P2. The van der Waals surface area contributed by atoms with E-state index in [0.29, 0.717) is 5.01 Å². The number of nitrogens with one attached hydrogen (secondary N) is 2. The van der Waals surface area contributed by atoms with Crippen molar-refractivity contribution in [3.63, 3.8) is 0 Å². The predicted octanol–water partition coefficient (Wildman–Crippen LogP) is -0.560. The summed E-state index contributed by atoms with van der Waals surface area (Å²) in [4.78, 5) is 81.4. The van der Waals surface area contributed by atoms with E-state index in [1.54, 1.807) is 0 Å². The molecule has 0 aromatic carbocycles. The molecule has 0 heterocycles. The number of urea groups is 1. The summed E-state index contributed by atoms with van der Waals surface area (Å²) < 4.78 is 22.4. The Hall–Kier alpha value is -1.64. The van der Waals surface area contributed by atoms with Crippen molar-refractivity contribution >= 4 is 44.7 Å². The Morgan fingerprint density at radius 1 is 1.09 bits per heavy atom. The summed E-state index contributed by atoms with van der Waals surface area (Å²) in [5.41, 5.74) is 0. The van der Waals surface area contributed by atoms with Crippen molar-refractivity contribution in [3.05, 3.63) is 4.91 Å². The van der Waals surface area contributed by atoms with Crippen molar-refractivity contribution in [2.75, 3.05) is 19.0 Å². The summed E-state index contributed by atoms with van der Waals surface area (Å²) in [5, 5.41) is 22.4. The number of aliphatic carboxylic acids is 1. The lowest BCUT2D eigenvalue weighted by Crippen LogP contribution is -2.47. The fourth-order valence-corrected chi connectivity index (χ4v) is 4.70. The monoisotopic (exact) mass is 526 g/mol. The first-order valence-electron chi connectivity index (χ1n) is 8.91. The van der Waals surface area contributed by atoms with Crippen LogP contribution in [-0.4, -0.2) is 82.8 Å². The normalized spacial score (nSPS) is 13.2. The SMILES string of the molecule is O=NN(CCCl)C(=O)N[C@@H](CCC(=O)NCCCCC(O)(P(=O)(O)O)P(=O)(O)O)C(=O)O. The molecule has 0 spiro atoms. The molecule has 0 aliphatic heterocycles. The fourth-order valence-electron chi connectivity index (χ4n) is 2.28. The van der Waals surface area contributed by atoms with Gasteiger partial charge in [-0.1, -0.05) is 0 Å². The second-order valence-electron chi connectivity index (χ2n) is 6.44. The van der Waals surface area contributed by atoms with Crippen LogP contribution < -0.4 is 10.6 Å². The van der Waals surface area contributed by atoms with Crippen LogP contribution in [0.2, 0.25) is 0 Å². The number of rotatable bonds is 15. The maximum absolute atomic E-state index is 11.8. The number of carbonyl (C=O) groups excluding carboxylic acids is 2. The van der Waals surface area contributed by atoms with Crippen LogP contribution in [-0.2, 0) is 18.7 Å². The number of carboxylic acids is 1. The third-order valence-electron chi connectivity index (χ3n) is 4.08. The first-order valence-corrected chi connectivity index (χ1v) is 12.7. The fraction of sp³-hybridized carbons (Fsp3) is 0.769. The van der Waals surface area contributed by atoms with Crippen molar-refractivity contribution in [2.45, 2.75) is 43.2 Å². The first-order chi connectivity index (χ1) is 14.6. The van der Waals surface area contributed by atoms with Gasteiger partial charge in [0.15, 0.2) is 0 Å². The molecule has 32 heavy (non-hydrogen) atoms. The number of hydrogen-bond donors (Lipinski definition) is 8. The van der Waals surface area contributed by atoms with Crippen molar-refractivity contribution in [2.24, 2.45) is 5.29 Å². The van der Waals surface area contributed by atoms with Gasteiger partial charge in [-0.05, 0) is 25.7 Å². The Morgan fingerprint density at radius 3 is 2.09 bits per heavy atom. The Labute approximate surface area is 186 Å². The molecule has 0 aromatic heterocycles. The van der Waals surface area contributed by atoms with E-state index >= 15 is 0 Å². The minimum atomic E-state index is -5.56. The predicted molar refractivity (Wildman–Crippen MR) is 108 cm³/mol. The molecule has 0 saturated carbocycles. The molecule has 1 atom stereocenters. The zero-order valence-corrected chi connectivity index (χ0v) is 19.1. The Bertz CT molecular complexity index is 750. The third-order valence-corrected chi connectivity index (χ3v) is 8.12. The summed E-state index contributed by atoms with van der Waals surface area (Å²) in [7, 11) is -11.1. The number of aliphatic hydroxyl groups is 1. The second kappa shape index (κ2) is 13.2. The minimum Gasteiger partial charge on any atom is -0.480 e. The van der Waals surface area contributed by atoms with E-state index in [1.807, 2.05) is 5.32 Å². The van der Waals surface area contributed by atoms with Gasteiger partial charge in [0.2, 0.25) is 5.91 Å². The van der Waals surface area contributed by atoms with Crippen molar-refractivity contribution in [1.82, 2.24) is 15.6 Å². The molecule has 0 aliphatic carbocycles. The van der Waals surface area contributed by atoms with Gasteiger partial charge in [-0.15, -0.1) is 16.5 Å². The summed E-state index contributed by atoms with van der Waals surface area (Å²) in [6, 6.07) is -2.63. The van der Waals surface area contributed by atoms with E-state index in [4.69, 9.17) is 36.3 Å². The van der Waals surface area contributed by atoms with Gasteiger partial charge in [-0.2, -0.15) is 5.01 Å². The highest BCUT2D eigenvalue weighted by atomic mass is 35.5. The lowest BCUT2D eigenvalue weighted by Gasteiger charge is -2.29.